The van der Waals surface area contributed by atoms with E-state index in [1.165, 1.54) is 83.2 Å². The summed E-state index contributed by atoms with van der Waals surface area (Å²) in [5.41, 5.74) is 0. The highest BCUT2D eigenvalue weighted by molar-refractivity contribution is 7.95. The molecule has 0 aromatic heterocycles. The molecule has 0 aliphatic rings. The summed E-state index contributed by atoms with van der Waals surface area (Å²) in [6.07, 6.45) is 24.4. The Hall–Kier alpha value is -0.700. The summed E-state index contributed by atoms with van der Waals surface area (Å²) in [5, 5.41) is 0. The minimum atomic E-state index is -0.199. The lowest BCUT2D eigenvalue weighted by Crippen LogP contribution is -1.91. The predicted octanol–water partition coefficient (Wildman–Crippen LogP) is 7.01. The third-order valence-electron chi connectivity index (χ3n) is 3.60. The van der Waals surface area contributed by atoms with E-state index in [2.05, 4.69) is 31.2 Å². The Morgan fingerprint density at radius 3 is 2.00 bits per heavy atom. The monoisotopic (exact) mass is 340 g/mol. The van der Waals surface area contributed by atoms with E-state index >= 15 is 0 Å². The summed E-state index contributed by atoms with van der Waals surface area (Å²) in [7, 11) is 0. The van der Waals surface area contributed by atoms with Crippen LogP contribution >= 0.6 is 12.0 Å². The Labute approximate surface area is 148 Å². The van der Waals surface area contributed by atoms with Crippen LogP contribution in [0, 0.1) is 0 Å². The Morgan fingerprint density at radius 1 is 0.826 bits per heavy atom. The molecular weight excluding hydrogens is 304 g/mol. The lowest BCUT2D eigenvalue weighted by molar-refractivity contribution is -0.130. The first-order valence-corrected chi connectivity index (χ1v) is 10.3. The summed E-state index contributed by atoms with van der Waals surface area (Å²) in [6.45, 7) is 3.70. The molecule has 0 aromatic rings. The molecule has 0 aliphatic carbocycles. The van der Waals surface area contributed by atoms with Gasteiger partial charge in [-0.05, 0) is 38.5 Å². The first-order chi connectivity index (χ1) is 11.3. The molecule has 0 aromatic carbocycles. The van der Waals surface area contributed by atoms with Crippen molar-refractivity contribution in [2.75, 3.05) is 5.75 Å². The van der Waals surface area contributed by atoms with Gasteiger partial charge in [-0.25, -0.2) is 0 Å². The Bertz CT molecular complexity index is 311. The Balaban J connectivity index is 3.14. The van der Waals surface area contributed by atoms with Gasteiger partial charge in [0.15, 0.2) is 0 Å². The van der Waals surface area contributed by atoms with Crippen LogP contribution in [0.5, 0.6) is 0 Å². The third-order valence-corrected chi connectivity index (χ3v) is 4.41. The van der Waals surface area contributed by atoms with Crippen molar-refractivity contribution in [1.29, 1.82) is 0 Å². The summed E-state index contributed by atoms with van der Waals surface area (Å²) < 4.78 is 4.83. The van der Waals surface area contributed by atoms with Gasteiger partial charge in [0.05, 0.1) is 12.0 Å². The van der Waals surface area contributed by atoms with Gasteiger partial charge in [-0.1, -0.05) is 69.8 Å². The largest absolute Gasteiger partial charge is 0.392 e. The molecule has 0 aliphatic heterocycles. The van der Waals surface area contributed by atoms with Crippen LogP contribution in [0.15, 0.2) is 24.3 Å². The molecule has 2 nitrogen and oxygen atoms in total. The second kappa shape index (κ2) is 19.3. The van der Waals surface area contributed by atoms with Gasteiger partial charge in [0.25, 0.3) is 0 Å². The zero-order valence-corrected chi connectivity index (χ0v) is 16.0. The van der Waals surface area contributed by atoms with E-state index < -0.39 is 0 Å². The maximum atomic E-state index is 10.6. The second-order valence-electron chi connectivity index (χ2n) is 5.98. The predicted molar refractivity (Wildman–Crippen MR) is 104 cm³/mol. The summed E-state index contributed by atoms with van der Waals surface area (Å²) >= 11 is 1.28. The first-order valence-electron chi connectivity index (χ1n) is 9.37. The zero-order valence-electron chi connectivity index (χ0n) is 15.2. The normalized spacial score (nSPS) is 11.6. The third kappa shape index (κ3) is 21.3. The van der Waals surface area contributed by atoms with Crippen LogP contribution < -0.4 is 0 Å². The second-order valence-corrected chi connectivity index (χ2v) is 6.79. The van der Waals surface area contributed by atoms with E-state index in [4.69, 9.17) is 4.18 Å². The van der Waals surface area contributed by atoms with E-state index in [0.29, 0.717) is 0 Å². The fourth-order valence-corrected chi connectivity index (χ4v) is 2.85. The first kappa shape index (κ1) is 22.3. The van der Waals surface area contributed by atoms with Crippen molar-refractivity contribution in [2.24, 2.45) is 0 Å². The quantitative estimate of drug-likeness (QED) is 0.172. The highest BCUT2D eigenvalue weighted by Crippen LogP contribution is 2.11. The highest BCUT2D eigenvalue weighted by atomic mass is 32.2. The Morgan fingerprint density at radius 2 is 1.39 bits per heavy atom. The molecule has 0 atom stereocenters. The van der Waals surface area contributed by atoms with Crippen LogP contribution in [0.2, 0.25) is 0 Å². The van der Waals surface area contributed by atoms with Gasteiger partial charge in [-0.2, -0.15) is 0 Å². The fraction of sp³-hybridized carbons (Fsp3) is 0.750. The molecule has 0 N–H and O–H groups in total. The maximum Gasteiger partial charge on any atom is 0.314 e. The average Bonchev–Trinajstić information content (AvgIpc) is 2.53. The number of rotatable bonds is 16. The standard InChI is InChI=1S/C20H36O2S/c1-3-4-5-6-7-8-9-10-11-12-13-14-15-16-17-18-19-23-22-20(2)21/h7-8,10-11H,3-6,9,12-19H2,1-2H3. The van der Waals surface area contributed by atoms with E-state index in [-0.39, 0.29) is 5.97 Å². The average molecular weight is 341 g/mol. The lowest BCUT2D eigenvalue weighted by Gasteiger charge is -2.01. The van der Waals surface area contributed by atoms with Crippen molar-refractivity contribution in [2.45, 2.75) is 90.9 Å². The fourth-order valence-electron chi connectivity index (χ4n) is 2.27. The van der Waals surface area contributed by atoms with E-state index in [0.717, 1.165) is 18.6 Å². The molecule has 0 rings (SSSR count). The molecule has 0 heterocycles. The van der Waals surface area contributed by atoms with Crippen LogP contribution in [-0.2, 0) is 8.98 Å². The van der Waals surface area contributed by atoms with Crippen LogP contribution in [0.1, 0.15) is 90.9 Å². The number of hydrogen-bond donors (Lipinski definition) is 0. The van der Waals surface area contributed by atoms with E-state index in [9.17, 15) is 4.79 Å². The van der Waals surface area contributed by atoms with Crippen LogP contribution in [0.3, 0.4) is 0 Å². The summed E-state index contributed by atoms with van der Waals surface area (Å²) in [6, 6.07) is 0. The minimum Gasteiger partial charge on any atom is -0.392 e. The molecule has 0 amide bonds. The van der Waals surface area contributed by atoms with Crippen molar-refractivity contribution >= 4 is 18.0 Å². The summed E-state index contributed by atoms with van der Waals surface area (Å²) in [5.74, 6) is 0.726. The molecular formula is C20H36O2S. The molecule has 0 saturated heterocycles. The van der Waals surface area contributed by atoms with Gasteiger partial charge in [0.2, 0.25) is 0 Å². The number of allylic oxidation sites excluding steroid dienone is 4. The minimum absolute atomic E-state index is 0.199. The van der Waals surface area contributed by atoms with Gasteiger partial charge in [-0.3, -0.25) is 4.79 Å². The number of unbranched alkanes of at least 4 members (excludes halogenated alkanes) is 9. The van der Waals surface area contributed by atoms with Crippen LogP contribution in [0.25, 0.3) is 0 Å². The molecule has 134 valence electrons. The topological polar surface area (TPSA) is 26.3 Å². The zero-order chi connectivity index (χ0) is 17.0. The smallest absolute Gasteiger partial charge is 0.314 e. The van der Waals surface area contributed by atoms with Gasteiger partial charge in [0.1, 0.15) is 0 Å². The van der Waals surface area contributed by atoms with Crippen molar-refractivity contribution in [3.05, 3.63) is 24.3 Å². The van der Waals surface area contributed by atoms with Crippen molar-refractivity contribution in [3.8, 4) is 0 Å². The van der Waals surface area contributed by atoms with E-state index in [1.54, 1.807) is 0 Å². The maximum absolute atomic E-state index is 10.6. The van der Waals surface area contributed by atoms with Crippen LogP contribution in [-0.4, -0.2) is 11.7 Å². The molecule has 0 fully saturated rings. The molecule has 0 saturated carbocycles. The van der Waals surface area contributed by atoms with Crippen molar-refractivity contribution < 1.29 is 8.98 Å². The number of carbonyl (C=O) groups is 1. The van der Waals surface area contributed by atoms with Crippen molar-refractivity contribution in [1.82, 2.24) is 0 Å². The molecule has 0 bridgehead atoms. The number of hydrogen-bond acceptors (Lipinski definition) is 3. The SMILES string of the molecule is CCCCCC=CCC=CCCCCCCCCSOC(C)=O. The van der Waals surface area contributed by atoms with Gasteiger partial charge in [-0.15, -0.1) is 0 Å². The lowest BCUT2D eigenvalue weighted by atomic mass is 10.1. The van der Waals surface area contributed by atoms with Gasteiger partial charge in [0, 0.05) is 12.7 Å². The molecule has 23 heavy (non-hydrogen) atoms. The van der Waals surface area contributed by atoms with Gasteiger partial charge >= 0.3 is 5.97 Å². The van der Waals surface area contributed by atoms with Crippen LogP contribution in [0.4, 0.5) is 0 Å². The molecule has 3 heteroatoms. The molecule has 0 unspecified atom stereocenters. The van der Waals surface area contributed by atoms with Gasteiger partial charge < -0.3 is 4.18 Å². The molecule has 0 spiro atoms. The van der Waals surface area contributed by atoms with Crippen molar-refractivity contribution in [3.63, 3.8) is 0 Å². The number of carbonyl (C=O) groups excluding carboxylic acids is 1. The highest BCUT2D eigenvalue weighted by Gasteiger charge is 1.95. The summed E-state index contributed by atoms with van der Waals surface area (Å²) in [4.78, 5) is 10.6. The van der Waals surface area contributed by atoms with E-state index in [1.807, 2.05) is 0 Å². The Kier molecular flexibility index (Phi) is 18.8. The molecule has 0 radical (unpaired) electrons.